The van der Waals surface area contributed by atoms with E-state index in [0.29, 0.717) is 17.0 Å². The van der Waals surface area contributed by atoms with Crippen LogP contribution < -0.4 is 11.2 Å². The van der Waals surface area contributed by atoms with Gasteiger partial charge in [0.1, 0.15) is 4.88 Å². The summed E-state index contributed by atoms with van der Waals surface area (Å²) in [7, 11) is 0. The fourth-order valence-electron chi connectivity index (χ4n) is 1.80. The van der Waals surface area contributed by atoms with E-state index in [1.165, 1.54) is 12.1 Å². The maximum absolute atomic E-state index is 12.6. The van der Waals surface area contributed by atoms with Gasteiger partial charge < -0.3 is 5.73 Å². The highest BCUT2D eigenvalue weighted by Gasteiger charge is 2.30. The summed E-state index contributed by atoms with van der Waals surface area (Å²) in [5, 5.41) is 3.94. The molecule has 0 bridgehead atoms. The lowest BCUT2D eigenvalue weighted by Crippen LogP contribution is -2.17. The van der Waals surface area contributed by atoms with Crippen LogP contribution in [0.1, 0.15) is 33.4 Å². The lowest BCUT2D eigenvalue weighted by atomic mass is 10.1. The number of nitrogens with zero attached hydrogens (tertiary/aromatic N) is 2. The quantitative estimate of drug-likeness (QED) is 0.662. The molecule has 3 N–H and O–H groups in total. The van der Waals surface area contributed by atoms with E-state index in [2.05, 4.69) is 15.5 Å². The molecule has 1 amide bonds. The molecule has 1 aromatic heterocycles. The number of aromatic nitrogens is 1. The van der Waals surface area contributed by atoms with E-state index in [1.807, 2.05) is 6.92 Å². The smallest absolute Gasteiger partial charge is 0.375 e. The second-order valence-corrected chi connectivity index (χ2v) is 5.53. The highest BCUT2D eigenvalue weighted by Crippen LogP contribution is 2.29. The number of rotatable bonds is 4. The van der Waals surface area contributed by atoms with E-state index >= 15 is 0 Å². The zero-order chi connectivity index (χ0) is 17.0. The van der Waals surface area contributed by atoms with Gasteiger partial charge in [-0.1, -0.05) is 30.4 Å². The Bertz CT molecular complexity index is 740. The molecular weight excluding hydrogens is 329 g/mol. The highest BCUT2D eigenvalue weighted by atomic mass is 32.1. The van der Waals surface area contributed by atoms with Crippen molar-refractivity contribution in [2.45, 2.75) is 19.5 Å². The summed E-state index contributed by atoms with van der Waals surface area (Å²) in [5.74, 6) is -0.501. The summed E-state index contributed by atoms with van der Waals surface area (Å²) in [5.41, 5.74) is 7.81. The zero-order valence-electron chi connectivity index (χ0n) is 12.0. The van der Waals surface area contributed by atoms with Crippen LogP contribution in [0.5, 0.6) is 0 Å². The highest BCUT2D eigenvalue weighted by molar-refractivity contribution is 7.17. The molecule has 0 aliphatic heterocycles. The number of anilines is 1. The molecule has 122 valence electrons. The number of thiazole rings is 1. The zero-order valence-corrected chi connectivity index (χ0v) is 12.8. The Morgan fingerprint density at radius 1 is 1.48 bits per heavy atom. The topological polar surface area (TPSA) is 80.4 Å². The molecule has 0 fully saturated rings. The molecule has 0 unspecified atom stereocenters. The summed E-state index contributed by atoms with van der Waals surface area (Å²) < 4.78 is 37.8. The number of alkyl halides is 3. The first-order chi connectivity index (χ1) is 10.8. The van der Waals surface area contributed by atoms with E-state index in [9.17, 15) is 18.0 Å². The van der Waals surface area contributed by atoms with Gasteiger partial charge in [-0.15, -0.1) is 0 Å². The lowest BCUT2D eigenvalue weighted by Gasteiger charge is -2.06. The first-order valence-electron chi connectivity index (χ1n) is 6.57. The number of aryl methyl sites for hydroxylation is 1. The van der Waals surface area contributed by atoms with Crippen molar-refractivity contribution < 1.29 is 18.0 Å². The SMILES string of the molecule is CCc1nc(N)sc1C(=O)N/N=C\c1cccc(C(F)(F)F)c1. The van der Waals surface area contributed by atoms with Crippen LogP contribution in [0.4, 0.5) is 18.3 Å². The van der Waals surface area contributed by atoms with Gasteiger partial charge in [0.15, 0.2) is 5.13 Å². The van der Waals surface area contributed by atoms with Crippen molar-refractivity contribution in [2.24, 2.45) is 5.10 Å². The third-order valence-electron chi connectivity index (χ3n) is 2.85. The minimum absolute atomic E-state index is 0.222. The van der Waals surface area contributed by atoms with Gasteiger partial charge >= 0.3 is 6.18 Å². The van der Waals surface area contributed by atoms with Crippen molar-refractivity contribution in [1.29, 1.82) is 0 Å². The van der Waals surface area contributed by atoms with Gasteiger partial charge in [0, 0.05) is 0 Å². The second-order valence-electron chi connectivity index (χ2n) is 4.50. The molecule has 2 rings (SSSR count). The van der Waals surface area contributed by atoms with Gasteiger partial charge in [0.2, 0.25) is 0 Å². The molecule has 0 atom stereocenters. The van der Waals surface area contributed by atoms with Gasteiger partial charge in [0.25, 0.3) is 5.91 Å². The number of nitrogen functional groups attached to an aromatic ring is 1. The second kappa shape index (κ2) is 6.78. The van der Waals surface area contributed by atoms with Crippen LogP contribution in [0.25, 0.3) is 0 Å². The van der Waals surface area contributed by atoms with Crippen LogP contribution in [-0.4, -0.2) is 17.1 Å². The molecule has 2 aromatic rings. The fraction of sp³-hybridized carbons (Fsp3) is 0.214. The van der Waals surface area contributed by atoms with Gasteiger partial charge in [-0.05, 0) is 24.1 Å². The summed E-state index contributed by atoms with van der Waals surface area (Å²) in [6.45, 7) is 1.83. The number of nitrogens with one attached hydrogen (secondary N) is 1. The molecule has 0 saturated heterocycles. The number of benzene rings is 1. The van der Waals surface area contributed by atoms with Crippen molar-refractivity contribution in [3.8, 4) is 0 Å². The first-order valence-corrected chi connectivity index (χ1v) is 7.38. The summed E-state index contributed by atoms with van der Waals surface area (Å²) in [6.07, 6.45) is -2.75. The molecule has 0 aliphatic rings. The van der Waals surface area contributed by atoms with Crippen LogP contribution >= 0.6 is 11.3 Å². The third kappa shape index (κ3) is 4.28. The number of carbonyl (C=O) groups excluding carboxylic acids is 1. The van der Waals surface area contributed by atoms with Crippen molar-refractivity contribution in [1.82, 2.24) is 10.4 Å². The number of nitrogens with two attached hydrogens (primary N) is 1. The lowest BCUT2D eigenvalue weighted by molar-refractivity contribution is -0.137. The van der Waals surface area contributed by atoms with Crippen molar-refractivity contribution in [3.05, 3.63) is 46.0 Å². The number of carbonyl (C=O) groups is 1. The molecule has 0 saturated carbocycles. The third-order valence-corrected chi connectivity index (χ3v) is 3.77. The minimum atomic E-state index is -4.43. The number of hydrazone groups is 1. The van der Waals surface area contributed by atoms with Crippen LogP contribution in [-0.2, 0) is 12.6 Å². The molecular formula is C14H13F3N4OS. The monoisotopic (exact) mass is 342 g/mol. The molecule has 1 aromatic carbocycles. The molecule has 23 heavy (non-hydrogen) atoms. The van der Waals surface area contributed by atoms with E-state index < -0.39 is 17.6 Å². The standard InChI is InChI=1S/C14H13F3N4OS/c1-2-10-11(23-13(18)20-10)12(22)21-19-7-8-4-3-5-9(6-8)14(15,16)17/h3-7H,2H2,1H3,(H2,18,20)(H,21,22)/b19-7-. The predicted octanol–water partition coefficient (Wildman–Crippen LogP) is 3.07. The molecule has 0 spiro atoms. The van der Waals surface area contributed by atoms with Gasteiger partial charge in [-0.3, -0.25) is 4.79 Å². The normalized spacial score (nSPS) is 11.8. The Hall–Kier alpha value is -2.42. The van der Waals surface area contributed by atoms with Gasteiger partial charge in [0.05, 0.1) is 17.5 Å². The number of halogens is 3. The maximum Gasteiger partial charge on any atom is 0.416 e. The summed E-state index contributed by atoms with van der Waals surface area (Å²) >= 11 is 1.03. The van der Waals surface area contributed by atoms with Crippen LogP contribution in [0.2, 0.25) is 0 Å². The minimum Gasteiger partial charge on any atom is -0.375 e. The molecule has 1 heterocycles. The number of hydrogen-bond donors (Lipinski definition) is 2. The van der Waals surface area contributed by atoms with Crippen molar-refractivity contribution in [3.63, 3.8) is 0 Å². The molecule has 9 heteroatoms. The molecule has 0 radical (unpaired) electrons. The Morgan fingerprint density at radius 2 is 2.22 bits per heavy atom. The number of hydrogen-bond acceptors (Lipinski definition) is 5. The predicted molar refractivity (Wildman–Crippen MR) is 82.4 cm³/mol. The number of amides is 1. The Morgan fingerprint density at radius 3 is 2.87 bits per heavy atom. The van der Waals surface area contributed by atoms with Crippen molar-refractivity contribution >= 4 is 28.6 Å². The maximum atomic E-state index is 12.6. The van der Waals surface area contributed by atoms with E-state index in [-0.39, 0.29) is 10.7 Å². The van der Waals surface area contributed by atoms with Gasteiger partial charge in [-0.2, -0.15) is 18.3 Å². The molecule has 0 aliphatic carbocycles. The van der Waals surface area contributed by atoms with Crippen LogP contribution in [0.15, 0.2) is 29.4 Å². The average molecular weight is 342 g/mol. The largest absolute Gasteiger partial charge is 0.416 e. The van der Waals surface area contributed by atoms with Crippen LogP contribution in [0.3, 0.4) is 0 Å². The van der Waals surface area contributed by atoms with Crippen molar-refractivity contribution in [2.75, 3.05) is 5.73 Å². The van der Waals surface area contributed by atoms with E-state index in [4.69, 9.17) is 5.73 Å². The fourth-order valence-corrected chi connectivity index (χ4v) is 2.61. The van der Waals surface area contributed by atoms with E-state index in [1.54, 1.807) is 0 Å². The Kier molecular flexibility index (Phi) is 4.99. The molecule has 5 nitrogen and oxygen atoms in total. The summed E-state index contributed by atoms with van der Waals surface area (Å²) in [6, 6.07) is 4.62. The van der Waals surface area contributed by atoms with Crippen LogP contribution in [0, 0.1) is 0 Å². The first kappa shape index (κ1) is 16.9. The summed E-state index contributed by atoms with van der Waals surface area (Å²) in [4.78, 5) is 16.3. The Balaban J connectivity index is 2.08. The van der Waals surface area contributed by atoms with E-state index in [0.717, 1.165) is 29.7 Å². The Labute approximate surface area is 134 Å². The van der Waals surface area contributed by atoms with Gasteiger partial charge in [-0.25, -0.2) is 10.4 Å². The average Bonchev–Trinajstić information content (AvgIpc) is 2.88.